The third kappa shape index (κ3) is 2.90. The Hall–Kier alpha value is -1.96. The van der Waals surface area contributed by atoms with Crippen molar-refractivity contribution < 1.29 is 23.4 Å². The van der Waals surface area contributed by atoms with E-state index in [1.54, 1.807) is 0 Å². The zero-order valence-corrected chi connectivity index (χ0v) is 9.90. The standard InChI is InChI=1S/C11H13F2N3O3/c12-11(13)5-15-3-7(11)4-19-8-1-6(10(17)18)2-16-9(8)14/h1-2,7,15H,3-5H2,(H2,14,16)(H,17,18). The molecule has 0 aliphatic carbocycles. The number of nitrogens with two attached hydrogens (primary N) is 1. The first kappa shape index (κ1) is 13.5. The van der Waals surface area contributed by atoms with Crippen LogP contribution < -0.4 is 15.8 Å². The van der Waals surface area contributed by atoms with Crippen molar-refractivity contribution in [1.82, 2.24) is 10.3 Å². The van der Waals surface area contributed by atoms with Crippen LogP contribution in [0.4, 0.5) is 14.6 Å². The number of halogens is 2. The summed E-state index contributed by atoms with van der Waals surface area (Å²) in [4.78, 5) is 14.4. The van der Waals surface area contributed by atoms with Gasteiger partial charge in [-0.25, -0.2) is 18.6 Å². The van der Waals surface area contributed by atoms with Crippen LogP contribution in [0.1, 0.15) is 10.4 Å². The van der Waals surface area contributed by atoms with Gasteiger partial charge in [0.1, 0.15) is 0 Å². The van der Waals surface area contributed by atoms with E-state index in [4.69, 9.17) is 15.6 Å². The number of pyridine rings is 1. The molecule has 1 fully saturated rings. The molecule has 19 heavy (non-hydrogen) atoms. The number of anilines is 1. The van der Waals surface area contributed by atoms with Crippen molar-refractivity contribution in [3.05, 3.63) is 17.8 Å². The smallest absolute Gasteiger partial charge is 0.337 e. The molecule has 2 rings (SSSR count). The van der Waals surface area contributed by atoms with Gasteiger partial charge in [-0.15, -0.1) is 0 Å². The first-order chi connectivity index (χ1) is 8.90. The Labute approximate surface area is 107 Å². The number of carboxylic acid groups (broad SMARTS) is 1. The molecule has 1 aromatic heterocycles. The van der Waals surface area contributed by atoms with Gasteiger partial charge in [0.2, 0.25) is 0 Å². The van der Waals surface area contributed by atoms with Crippen LogP contribution >= 0.6 is 0 Å². The van der Waals surface area contributed by atoms with Crippen molar-refractivity contribution in [3.63, 3.8) is 0 Å². The van der Waals surface area contributed by atoms with Crippen LogP contribution in [0.5, 0.6) is 5.75 Å². The summed E-state index contributed by atoms with van der Waals surface area (Å²) in [6.45, 7) is -0.502. The fourth-order valence-electron chi connectivity index (χ4n) is 1.77. The minimum absolute atomic E-state index is 0.00241. The zero-order chi connectivity index (χ0) is 14.0. The highest BCUT2D eigenvalue weighted by Crippen LogP contribution is 2.29. The summed E-state index contributed by atoms with van der Waals surface area (Å²) in [7, 11) is 0. The third-order valence-electron chi connectivity index (χ3n) is 2.92. The lowest BCUT2D eigenvalue weighted by Gasteiger charge is -2.18. The summed E-state index contributed by atoms with van der Waals surface area (Å²) in [6, 6.07) is 1.17. The maximum Gasteiger partial charge on any atom is 0.337 e. The van der Waals surface area contributed by atoms with Gasteiger partial charge in [0.25, 0.3) is 5.92 Å². The second-order valence-corrected chi connectivity index (χ2v) is 4.31. The molecule has 4 N–H and O–H groups in total. The average molecular weight is 273 g/mol. The number of alkyl halides is 2. The molecule has 0 aromatic carbocycles. The number of carboxylic acids is 1. The van der Waals surface area contributed by atoms with Gasteiger partial charge in [-0.2, -0.15) is 0 Å². The van der Waals surface area contributed by atoms with Crippen molar-refractivity contribution in [2.75, 3.05) is 25.4 Å². The van der Waals surface area contributed by atoms with Crippen LogP contribution in [-0.2, 0) is 0 Å². The highest BCUT2D eigenvalue weighted by molar-refractivity contribution is 5.88. The molecule has 1 aromatic rings. The number of nitrogen functional groups attached to an aromatic ring is 1. The van der Waals surface area contributed by atoms with E-state index in [1.807, 2.05) is 0 Å². The molecule has 1 saturated heterocycles. The van der Waals surface area contributed by atoms with Gasteiger partial charge in [0, 0.05) is 18.8 Å². The van der Waals surface area contributed by atoms with Crippen LogP contribution in [-0.4, -0.2) is 41.7 Å². The van der Waals surface area contributed by atoms with Gasteiger partial charge in [0.05, 0.1) is 24.6 Å². The Balaban J connectivity index is 2.07. The topological polar surface area (TPSA) is 97.5 Å². The molecule has 0 amide bonds. The average Bonchev–Trinajstić information content (AvgIpc) is 2.67. The van der Waals surface area contributed by atoms with Crippen LogP contribution in [0, 0.1) is 5.92 Å². The van der Waals surface area contributed by atoms with E-state index in [1.165, 1.54) is 6.07 Å². The fraction of sp³-hybridized carbons (Fsp3) is 0.455. The normalized spacial score (nSPS) is 21.3. The number of rotatable bonds is 4. The molecule has 0 spiro atoms. The molecule has 2 heterocycles. The van der Waals surface area contributed by atoms with Gasteiger partial charge in [-0.05, 0) is 0 Å². The van der Waals surface area contributed by atoms with Crippen LogP contribution in [0.3, 0.4) is 0 Å². The van der Waals surface area contributed by atoms with Crippen LogP contribution in [0.2, 0.25) is 0 Å². The minimum Gasteiger partial charge on any atom is -0.489 e. The Morgan fingerprint density at radius 2 is 2.42 bits per heavy atom. The number of aromatic nitrogens is 1. The first-order valence-corrected chi connectivity index (χ1v) is 5.60. The van der Waals surface area contributed by atoms with E-state index in [-0.39, 0.29) is 36.8 Å². The molecule has 1 aliphatic rings. The number of aromatic carboxylic acids is 1. The second kappa shape index (κ2) is 4.96. The molecule has 6 nitrogen and oxygen atoms in total. The summed E-state index contributed by atoms with van der Waals surface area (Å²) < 4.78 is 31.8. The van der Waals surface area contributed by atoms with Crippen molar-refractivity contribution in [3.8, 4) is 5.75 Å². The Bertz CT molecular complexity index is 496. The zero-order valence-electron chi connectivity index (χ0n) is 9.90. The number of hydrogen-bond acceptors (Lipinski definition) is 5. The number of hydrogen-bond donors (Lipinski definition) is 3. The van der Waals surface area contributed by atoms with Crippen molar-refractivity contribution >= 4 is 11.8 Å². The summed E-state index contributed by atoms with van der Waals surface area (Å²) in [6.07, 6.45) is 1.08. The van der Waals surface area contributed by atoms with E-state index in [9.17, 15) is 13.6 Å². The molecule has 0 radical (unpaired) electrons. The molecule has 1 aliphatic heterocycles. The molecule has 1 unspecified atom stereocenters. The van der Waals surface area contributed by atoms with Gasteiger partial charge >= 0.3 is 5.97 Å². The summed E-state index contributed by atoms with van der Waals surface area (Å²) >= 11 is 0. The van der Waals surface area contributed by atoms with Gasteiger partial charge in [0.15, 0.2) is 11.6 Å². The number of nitrogens with zero attached hydrogens (tertiary/aromatic N) is 1. The molecule has 8 heteroatoms. The fourth-order valence-corrected chi connectivity index (χ4v) is 1.77. The maximum absolute atomic E-state index is 13.3. The Morgan fingerprint density at radius 1 is 1.68 bits per heavy atom. The van der Waals surface area contributed by atoms with Crippen molar-refractivity contribution in [2.24, 2.45) is 5.92 Å². The minimum atomic E-state index is -2.84. The van der Waals surface area contributed by atoms with E-state index >= 15 is 0 Å². The Kier molecular flexibility index (Phi) is 3.52. The predicted molar refractivity (Wildman–Crippen MR) is 62.4 cm³/mol. The lowest BCUT2D eigenvalue weighted by molar-refractivity contribution is -0.0361. The van der Waals surface area contributed by atoms with Crippen LogP contribution in [0.15, 0.2) is 12.3 Å². The Morgan fingerprint density at radius 3 is 3.00 bits per heavy atom. The summed E-state index contributed by atoms with van der Waals surface area (Å²) in [5.41, 5.74) is 5.40. The monoisotopic (exact) mass is 273 g/mol. The van der Waals surface area contributed by atoms with Crippen molar-refractivity contribution in [2.45, 2.75) is 5.92 Å². The number of ether oxygens (including phenoxy) is 1. The lowest BCUT2D eigenvalue weighted by Crippen LogP contribution is -2.31. The summed E-state index contributed by atoms with van der Waals surface area (Å²) in [5.74, 6) is -5.03. The molecule has 0 bridgehead atoms. The molecular weight excluding hydrogens is 260 g/mol. The van der Waals surface area contributed by atoms with E-state index in [0.717, 1.165) is 6.20 Å². The molecule has 104 valence electrons. The highest BCUT2D eigenvalue weighted by Gasteiger charge is 2.44. The maximum atomic E-state index is 13.3. The van der Waals surface area contributed by atoms with Crippen LogP contribution in [0.25, 0.3) is 0 Å². The first-order valence-electron chi connectivity index (χ1n) is 5.60. The number of nitrogens with one attached hydrogen (secondary N) is 1. The predicted octanol–water partition coefficient (Wildman–Crippen LogP) is 0.596. The van der Waals surface area contributed by atoms with Gasteiger partial charge < -0.3 is 20.9 Å². The lowest BCUT2D eigenvalue weighted by atomic mass is 10.1. The molecule has 1 atom stereocenters. The van der Waals surface area contributed by atoms with E-state index in [0.29, 0.717) is 0 Å². The SMILES string of the molecule is Nc1ncc(C(=O)O)cc1OCC1CNCC1(F)F. The highest BCUT2D eigenvalue weighted by atomic mass is 19.3. The third-order valence-corrected chi connectivity index (χ3v) is 2.92. The van der Waals surface area contributed by atoms with Crippen molar-refractivity contribution in [1.29, 1.82) is 0 Å². The summed E-state index contributed by atoms with van der Waals surface area (Å²) in [5, 5.41) is 11.4. The van der Waals surface area contributed by atoms with Gasteiger partial charge in [-0.3, -0.25) is 0 Å². The quantitative estimate of drug-likeness (QED) is 0.743. The van der Waals surface area contributed by atoms with E-state index < -0.39 is 17.8 Å². The molecule has 0 saturated carbocycles. The van der Waals surface area contributed by atoms with E-state index in [2.05, 4.69) is 10.3 Å². The largest absolute Gasteiger partial charge is 0.489 e. The van der Waals surface area contributed by atoms with Gasteiger partial charge in [-0.1, -0.05) is 0 Å². The number of carbonyl (C=O) groups is 1. The molecular formula is C11H13F2N3O3. The second-order valence-electron chi connectivity index (χ2n) is 4.31.